The summed E-state index contributed by atoms with van der Waals surface area (Å²) in [6, 6.07) is 14.1. The van der Waals surface area contributed by atoms with E-state index >= 15 is 0 Å². The number of aliphatic hydroxyl groups is 1. The predicted molar refractivity (Wildman–Crippen MR) is 97.0 cm³/mol. The Morgan fingerprint density at radius 2 is 2.00 bits per heavy atom. The summed E-state index contributed by atoms with van der Waals surface area (Å²) in [6.07, 6.45) is 1.82. The van der Waals surface area contributed by atoms with Gasteiger partial charge in [0.25, 0.3) is 5.91 Å². The molecule has 0 unspecified atom stereocenters. The lowest BCUT2D eigenvalue weighted by Crippen LogP contribution is -2.25. The van der Waals surface area contributed by atoms with Crippen molar-refractivity contribution in [3.63, 3.8) is 0 Å². The second-order valence-electron chi connectivity index (χ2n) is 4.83. The van der Waals surface area contributed by atoms with Crippen molar-refractivity contribution < 1.29 is 14.6 Å². The van der Waals surface area contributed by atoms with Crippen LogP contribution in [0.3, 0.4) is 0 Å². The van der Waals surface area contributed by atoms with Crippen LogP contribution in [0.5, 0.6) is 5.75 Å². The molecule has 0 aromatic heterocycles. The number of benzene rings is 2. The van der Waals surface area contributed by atoms with Crippen LogP contribution in [-0.4, -0.2) is 23.8 Å². The number of halogens is 1. The number of hydrazone groups is 1. The van der Waals surface area contributed by atoms with Gasteiger partial charge in [-0.25, -0.2) is 5.43 Å². The first kappa shape index (κ1) is 17.9. The SMILES string of the molecule is C=CCOc1ccccc1/C=N\NC(=O)[C@@H](O)c1ccc(Br)cc1. The number of carbonyl (C=O) groups is 1. The van der Waals surface area contributed by atoms with Crippen LogP contribution in [0, 0.1) is 0 Å². The minimum absolute atomic E-state index is 0.374. The molecule has 0 saturated heterocycles. The van der Waals surface area contributed by atoms with Crippen LogP contribution in [-0.2, 0) is 4.79 Å². The van der Waals surface area contributed by atoms with Gasteiger partial charge in [0.2, 0.25) is 0 Å². The first-order chi connectivity index (χ1) is 11.6. The highest BCUT2D eigenvalue weighted by atomic mass is 79.9. The molecule has 0 aliphatic rings. The van der Waals surface area contributed by atoms with Crippen molar-refractivity contribution in [3.05, 3.63) is 76.8 Å². The van der Waals surface area contributed by atoms with Crippen LogP contribution in [0.1, 0.15) is 17.2 Å². The predicted octanol–water partition coefficient (Wildman–Crippen LogP) is 3.20. The Labute approximate surface area is 148 Å². The molecular weight excluding hydrogens is 372 g/mol. The molecule has 0 heterocycles. The molecular formula is C18H17BrN2O3. The number of ether oxygens (including phenoxy) is 1. The van der Waals surface area contributed by atoms with Crippen molar-refractivity contribution in [1.82, 2.24) is 5.43 Å². The number of aliphatic hydroxyl groups excluding tert-OH is 1. The van der Waals surface area contributed by atoms with Crippen LogP contribution in [0.2, 0.25) is 0 Å². The van der Waals surface area contributed by atoms with Crippen molar-refractivity contribution in [3.8, 4) is 5.75 Å². The lowest BCUT2D eigenvalue weighted by molar-refractivity contribution is -0.129. The first-order valence-corrected chi connectivity index (χ1v) is 8.00. The Balaban J connectivity index is 1.99. The average molecular weight is 389 g/mol. The molecule has 0 saturated carbocycles. The quantitative estimate of drug-likeness (QED) is 0.434. The summed E-state index contributed by atoms with van der Waals surface area (Å²) in [7, 11) is 0. The number of hydrogen-bond acceptors (Lipinski definition) is 4. The van der Waals surface area contributed by atoms with Crippen LogP contribution in [0.25, 0.3) is 0 Å². The molecule has 1 amide bonds. The summed E-state index contributed by atoms with van der Waals surface area (Å²) in [5.41, 5.74) is 3.51. The van der Waals surface area contributed by atoms with E-state index in [1.807, 2.05) is 12.1 Å². The van der Waals surface area contributed by atoms with Crippen LogP contribution in [0.4, 0.5) is 0 Å². The third-order valence-electron chi connectivity index (χ3n) is 3.09. The zero-order valence-corrected chi connectivity index (χ0v) is 14.4. The Bertz CT molecular complexity index is 729. The van der Waals surface area contributed by atoms with E-state index in [2.05, 4.69) is 33.0 Å². The lowest BCUT2D eigenvalue weighted by Gasteiger charge is -2.09. The van der Waals surface area contributed by atoms with Gasteiger partial charge >= 0.3 is 0 Å². The van der Waals surface area contributed by atoms with Crippen LogP contribution < -0.4 is 10.2 Å². The maximum atomic E-state index is 11.9. The molecule has 2 aromatic carbocycles. The largest absolute Gasteiger partial charge is 0.489 e. The Morgan fingerprint density at radius 1 is 1.29 bits per heavy atom. The molecule has 2 rings (SSSR count). The molecule has 0 fully saturated rings. The summed E-state index contributed by atoms with van der Waals surface area (Å²) < 4.78 is 6.36. The molecule has 124 valence electrons. The monoisotopic (exact) mass is 388 g/mol. The Morgan fingerprint density at radius 3 is 2.71 bits per heavy atom. The fourth-order valence-electron chi connectivity index (χ4n) is 1.89. The fraction of sp³-hybridized carbons (Fsp3) is 0.111. The summed E-state index contributed by atoms with van der Waals surface area (Å²) in [4.78, 5) is 11.9. The van der Waals surface area contributed by atoms with E-state index in [1.54, 1.807) is 42.5 Å². The maximum Gasteiger partial charge on any atom is 0.273 e. The second-order valence-corrected chi connectivity index (χ2v) is 5.74. The van der Waals surface area contributed by atoms with E-state index in [0.717, 1.165) is 4.47 Å². The Kier molecular flexibility index (Phi) is 6.72. The highest BCUT2D eigenvalue weighted by Gasteiger charge is 2.16. The van der Waals surface area contributed by atoms with Gasteiger partial charge in [0.1, 0.15) is 12.4 Å². The van der Waals surface area contributed by atoms with Gasteiger partial charge in [-0.15, -0.1) is 0 Å². The number of carbonyl (C=O) groups excluding carboxylic acids is 1. The molecule has 2 aromatic rings. The molecule has 0 aliphatic heterocycles. The van der Waals surface area contributed by atoms with Gasteiger partial charge in [-0.1, -0.05) is 52.9 Å². The maximum absolute atomic E-state index is 11.9. The average Bonchev–Trinajstić information content (AvgIpc) is 2.60. The lowest BCUT2D eigenvalue weighted by atomic mass is 10.1. The molecule has 5 nitrogen and oxygen atoms in total. The van der Waals surface area contributed by atoms with Gasteiger partial charge in [0.15, 0.2) is 6.10 Å². The van der Waals surface area contributed by atoms with Crippen molar-refractivity contribution in [1.29, 1.82) is 0 Å². The normalized spacial score (nSPS) is 11.9. The van der Waals surface area contributed by atoms with Gasteiger partial charge in [-0.3, -0.25) is 4.79 Å². The van der Waals surface area contributed by atoms with Gasteiger partial charge < -0.3 is 9.84 Å². The van der Waals surface area contributed by atoms with Crippen molar-refractivity contribution in [2.45, 2.75) is 6.10 Å². The number of rotatable bonds is 7. The smallest absolute Gasteiger partial charge is 0.273 e. The van der Waals surface area contributed by atoms with E-state index in [4.69, 9.17) is 4.74 Å². The number of nitrogens with one attached hydrogen (secondary N) is 1. The summed E-state index contributed by atoms with van der Waals surface area (Å²) >= 11 is 3.30. The van der Waals surface area contributed by atoms with Crippen molar-refractivity contribution in [2.24, 2.45) is 5.10 Å². The standard InChI is InChI=1S/C18H17BrN2O3/c1-2-11-24-16-6-4-3-5-14(16)12-20-21-18(23)17(22)13-7-9-15(19)10-8-13/h2-10,12,17,22H,1,11H2,(H,21,23)/b20-12-/t17-/m0/s1. The van der Waals surface area contributed by atoms with E-state index < -0.39 is 12.0 Å². The van der Waals surface area contributed by atoms with Crippen molar-refractivity contribution >= 4 is 28.1 Å². The zero-order chi connectivity index (χ0) is 17.4. The molecule has 24 heavy (non-hydrogen) atoms. The van der Waals surface area contributed by atoms with Gasteiger partial charge in [0.05, 0.1) is 6.21 Å². The third kappa shape index (κ3) is 5.04. The summed E-state index contributed by atoms with van der Waals surface area (Å²) in [6.45, 7) is 3.97. The number of nitrogens with zero attached hydrogens (tertiary/aromatic N) is 1. The highest BCUT2D eigenvalue weighted by Crippen LogP contribution is 2.17. The molecule has 0 spiro atoms. The van der Waals surface area contributed by atoms with Crippen LogP contribution in [0.15, 0.2) is 70.8 Å². The van der Waals surface area contributed by atoms with Gasteiger partial charge in [-0.2, -0.15) is 5.10 Å². The second kappa shape index (κ2) is 9.00. The number of hydrogen-bond donors (Lipinski definition) is 2. The van der Waals surface area contributed by atoms with E-state index in [0.29, 0.717) is 23.5 Å². The molecule has 0 bridgehead atoms. The minimum Gasteiger partial charge on any atom is -0.489 e. The zero-order valence-electron chi connectivity index (χ0n) is 12.9. The van der Waals surface area contributed by atoms with E-state index in [1.165, 1.54) is 6.21 Å². The number of amides is 1. The van der Waals surface area contributed by atoms with E-state index in [-0.39, 0.29) is 0 Å². The highest BCUT2D eigenvalue weighted by molar-refractivity contribution is 9.10. The summed E-state index contributed by atoms with van der Waals surface area (Å²) in [5.74, 6) is 0.0157. The Hall–Kier alpha value is -2.44. The van der Waals surface area contributed by atoms with Crippen molar-refractivity contribution in [2.75, 3.05) is 6.61 Å². The van der Waals surface area contributed by atoms with Gasteiger partial charge in [0, 0.05) is 10.0 Å². The van der Waals surface area contributed by atoms with Gasteiger partial charge in [-0.05, 0) is 29.8 Å². The molecule has 1 atom stereocenters. The molecule has 0 aliphatic carbocycles. The van der Waals surface area contributed by atoms with Crippen LogP contribution >= 0.6 is 15.9 Å². The topological polar surface area (TPSA) is 70.9 Å². The van der Waals surface area contributed by atoms with E-state index in [9.17, 15) is 9.90 Å². The summed E-state index contributed by atoms with van der Waals surface area (Å²) in [5, 5.41) is 13.9. The minimum atomic E-state index is -1.29. The number of para-hydroxylation sites is 1. The first-order valence-electron chi connectivity index (χ1n) is 7.21. The fourth-order valence-corrected chi connectivity index (χ4v) is 2.15. The third-order valence-corrected chi connectivity index (χ3v) is 3.62. The molecule has 2 N–H and O–H groups in total. The molecule has 0 radical (unpaired) electrons. The molecule has 6 heteroatoms.